The van der Waals surface area contributed by atoms with Crippen molar-refractivity contribution in [3.8, 4) is 0 Å². The minimum Gasteiger partial charge on any atom is -0.381 e. The molecule has 4 rings (SSSR count). The Morgan fingerprint density at radius 3 is 2.33 bits per heavy atom. The van der Waals surface area contributed by atoms with Crippen LogP contribution in [0.25, 0.3) is 0 Å². The van der Waals surface area contributed by atoms with Gasteiger partial charge in [0.05, 0.1) is 0 Å². The molecule has 0 atom stereocenters. The largest absolute Gasteiger partial charge is 0.381 e. The third-order valence-electron chi connectivity index (χ3n) is 7.20. The van der Waals surface area contributed by atoms with Crippen LogP contribution < -0.4 is 5.32 Å². The van der Waals surface area contributed by atoms with Crippen LogP contribution in [0.3, 0.4) is 0 Å². The lowest BCUT2D eigenvalue weighted by Gasteiger charge is -2.39. The summed E-state index contributed by atoms with van der Waals surface area (Å²) in [5.74, 6) is 0.248. The lowest BCUT2D eigenvalue weighted by atomic mass is 9.74. The summed E-state index contributed by atoms with van der Waals surface area (Å²) in [4.78, 5) is 27.5. The van der Waals surface area contributed by atoms with E-state index in [9.17, 15) is 9.59 Å². The first-order valence-electron chi connectivity index (χ1n) is 12.0. The second kappa shape index (κ2) is 11.2. The van der Waals surface area contributed by atoms with Gasteiger partial charge < -0.3 is 15.0 Å². The van der Waals surface area contributed by atoms with Crippen LogP contribution in [0.1, 0.15) is 43.2 Å². The average Bonchev–Trinajstić information content (AvgIpc) is 2.87. The minimum absolute atomic E-state index is 0.0368. The average molecular weight is 469 g/mol. The number of likely N-dealkylation sites (tertiary alicyclic amines) is 1. The molecule has 0 bridgehead atoms. The molecule has 33 heavy (non-hydrogen) atoms. The number of carbonyl (C=O) groups excluding carboxylic acids is 2. The Balaban J connectivity index is 1.27. The Morgan fingerprint density at radius 1 is 1.00 bits per heavy atom. The van der Waals surface area contributed by atoms with Gasteiger partial charge in [-0.15, -0.1) is 0 Å². The fraction of sp³-hybridized carbons (Fsp3) is 0.481. The summed E-state index contributed by atoms with van der Waals surface area (Å²) in [5, 5.41) is 3.95. The molecule has 0 aromatic heterocycles. The summed E-state index contributed by atoms with van der Waals surface area (Å²) in [7, 11) is 0. The molecule has 0 aliphatic carbocycles. The highest BCUT2D eigenvalue weighted by molar-refractivity contribution is 6.30. The van der Waals surface area contributed by atoms with Crippen LogP contribution in [0.5, 0.6) is 0 Å². The van der Waals surface area contributed by atoms with Crippen molar-refractivity contribution < 1.29 is 14.3 Å². The molecule has 2 heterocycles. The molecule has 1 N–H and O–H groups in total. The predicted molar refractivity (Wildman–Crippen MR) is 130 cm³/mol. The van der Waals surface area contributed by atoms with Gasteiger partial charge in [-0.2, -0.15) is 0 Å². The Labute approximate surface area is 201 Å². The van der Waals surface area contributed by atoms with Crippen molar-refractivity contribution in [2.24, 2.45) is 5.92 Å². The van der Waals surface area contributed by atoms with Crippen molar-refractivity contribution in [2.75, 3.05) is 32.8 Å². The van der Waals surface area contributed by atoms with Gasteiger partial charge in [0.1, 0.15) is 0 Å². The number of carbonyl (C=O) groups is 2. The van der Waals surface area contributed by atoms with Crippen LogP contribution in [0, 0.1) is 5.92 Å². The molecule has 0 spiro atoms. The number of nitrogens with one attached hydrogen (secondary N) is 1. The first kappa shape index (κ1) is 23.8. The zero-order valence-electron chi connectivity index (χ0n) is 19.1. The number of aryl methyl sites for hydroxylation is 1. The number of hydrogen-bond acceptors (Lipinski definition) is 3. The standard InChI is InChI=1S/C27H33ClN2O3/c28-24-9-7-23(8-10-24)27(14-18-33-19-15-27)20-29-26(32)22-12-16-30(17-13-22)25(31)11-6-21-4-2-1-3-5-21/h1-5,7-10,22H,6,11-20H2,(H,29,32). The number of rotatable bonds is 7. The van der Waals surface area contributed by atoms with E-state index in [4.69, 9.17) is 16.3 Å². The fourth-order valence-corrected chi connectivity index (χ4v) is 5.10. The monoisotopic (exact) mass is 468 g/mol. The van der Waals surface area contributed by atoms with Crippen LogP contribution in [-0.4, -0.2) is 49.6 Å². The molecular formula is C27H33ClN2O3. The number of hydrogen-bond donors (Lipinski definition) is 1. The molecule has 2 aliphatic rings. The lowest BCUT2D eigenvalue weighted by Crippen LogP contribution is -2.48. The second-order valence-electron chi connectivity index (χ2n) is 9.26. The summed E-state index contributed by atoms with van der Waals surface area (Å²) in [6.45, 7) is 3.31. The van der Waals surface area contributed by atoms with E-state index in [0.29, 0.717) is 39.3 Å². The minimum atomic E-state index is -0.118. The van der Waals surface area contributed by atoms with Crippen LogP contribution in [-0.2, 0) is 26.2 Å². The van der Waals surface area contributed by atoms with E-state index in [1.54, 1.807) is 0 Å². The fourth-order valence-electron chi connectivity index (χ4n) is 4.98. The van der Waals surface area contributed by atoms with Crippen molar-refractivity contribution in [3.05, 3.63) is 70.7 Å². The highest BCUT2D eigenvalue weighted by Crippen LogP contribution is 2.35. The zero-order valence-corrected chi connectivity index (χ0v) is 19.9. The van der Waals surface area contributed by atoms with Crippen molar-refractivity contribution in [1.29, 1.82) is 0 Å². The topological polar surface area (TPSA) is 58.6 Å². The van der Waals surface area contributed by atoms with Crippen LogP contribution in [0.15, 0.2) is 54.6 Å². The maximum atomic E-state index is 13.0. The number of piperidine rings is 1. The number of halogens is 1. The normalized spacial score (nSPS) is 18.6. The van der Waals surface area contributed by atoms with Crippen molar-refractivity contribution in [3.63, 3.8) is 0 Å². The maximum Gasteiger partial charge on any atom is 0.223 e. The summed E-state index contributed by atoms with van der Waals surface area (Å²) in [6, 6.07) is 18.1. The molecule has 2 saturated heterocycles. The zero-order chi connectivity index (χ0) is 23.1. The van der Waals surface area contributed by atoms with E-state index in [1.807, 2.05) is 35.2 Å². The Kier molecular flexibility index (Phi) is 8.05. The molecule has 2 aromatic carbocycles. The molecule has 0 saturated carbocycles. The predicted octanol–water partition coefficient (Wildman–Crippen LogP) is 4.38. The Hall–Kier alpha value is -2.37. The molecule has 2 fully saturated rings. The van der Waals surface area contributed by atoms with E-state index in [-0.39, 0.29) is 23.1 Å². The summed E-state index contributed by atoms with van der Waals surface area (Å²) in [5.41, 5.74) is 2.27. The van der Waals surface area contributed by atoms with Gasteiger partial charge in [-0.1, -0.05) is 54.1 Å². The van der Waals surface area contributed by atoms with Gasteiger partial charge in [0, 0.05) is 55.6 Å². The molecule has 6 heteroatoms. The molecule has 176 valence electrons. The van der Waals surface area contributed by atoms with Crippen LogP contribution in [0.2, 0.25) is 5.02 Å². The number of ether oxygens (including phenoxy) is 1. The van der Waals surface area contributed by atoms with Gasteiger partial charge in [0.25, 0.3) is 0 Å². The molecule has 5 nitrogen and oxygen atoms in total. The quantitative estimate of drug-likeness (QED) is 0.656. The third-order valence-corrected chi connectivity index (χ3v) is 7.45. The van der Waals surface area contributed by atoms with E-state index in [0.717, 1.165) is 37.1 Å². The van der Waals surface area contributed by atoms with Gasteiger partial charge in [0.15, 0.2) is 0 Å². The molecule has 0 radical (unpaired) electrons. The molecule has 2 aliphatic heterocycles. The van der Waals surface area contributed by atoms with Crippen molar-refractivity contribution in [2.45, 2.75) is 43.9 Å². The van der Waals surface area contributed by atoms with Crippen LogP contribution in [0.4, 0.5) is 0 Å². The van der Waals surface area contributed by atoms with Gasteiger partial charge in [-0.05, 0) is 55.4 Å². The third kappa shape index (κ3) is 6.15. The molecule has 2 aromatic rings. The molecular weight excluding hydrogens is 436 g/mol. The van der Waals surface area contributed by atoms with Crippen molar-refractivity contribution in [1.82, 2.24) is 10.2 Å². The Morgan fingerprint density at radius 2 is 1.67 bits per heavy atom. The Bertz CT molecular complexity index is 918. The molecule has 2 amide bonds. The van der Waals surface area contributed by atoms with Gasteiger partial charge in [0.2, 0.25) is 11.8 Å². The van der Waals surface area contributed by atoms with E-state index >= 15 is 0 Å². The van der Waals surface area contributed by atoms with Gasteiger partial charge >= 0.3 is 0 Å². The smallest absolute Gasteiger partial charge is 0.223 e. The maximum absolute atomic E-state index is 13.0. The second-order valence-corrected chi connectivity index (χ2v) is 9.69. The van der Waals surface area contributed by atoms with E-state index < -0.39 is 0 Å². The molecule has 0 unspecified atom stereocenters. The SMILES string of the molecule is O=C(NCC1(c2ccc(Cl)cc2)CCOCC1)C1CCN(C(=O)CCc2ccccc2)CC1. The number of benzene rings is 2. The summed E-state index contributed by atoms with van der Waals surface area (Å²) >= 11 is 6.09. The van der Waals surface area contributed by atoms with Gasteiger partial charge in [-0.3, -0.25) is 9.59 Å². The van der Waals surface area contributed by atoms with Gasteiger partial charge in [-0.25, -0.2) is 0 Å². The van der Waals surface area contributed by atoms with Crippen molar-refractivity contribution >= 4 is 23.4 Å². The summed E-state index contributed by atoms with van der Waals surface area (Å²) < 4.78 is 5.60. The lowest BCUT2D eigenvalue weighted by molar-refractivity contribution is -0.135. The first-order chi connectivity index (χ1) is 16.1. The van der Waals surface area contributed by atoms with E-state index in [1.165, 1.54) is 11.1 Å². The number of amides is 2. The van der Waals surface area contributed by atoms with Crippen LogP contribution >= 0.6 is 11.6 Å². The first-order valence-corrected chi connectivity index (χ1v) is 12.4. The highest BCUT2D eigenvalue weighted by Gasteiger charge is 2.36. The summed E-state index contributed by atoms with van der Waals surface area (Å²) in [6.07, 6.45) is 4.48. The number of nitrogens with zero attached hydrogens (tertiary/aromatic N) is 1. The van der Waals surface area contributed by atoms with E-state index in [2.05, 4.69) is 29.6 Å². The highest BCUT2D eigenvalue weighted by atomic mass is 35.5.